The molecular formula is C26H29N3O. The van der Waals surface area contributed by atoms with Gasteiger partial charge in [-0.1, -0.05) is 63.4 Å². The molecule has 0 aromatic heterocycles. The lowest BCUT2D eigenvalue weighted by Crippen LogP contribution is -2.52. The number of methoxy groups -OCH3 is 1. The molecule has 30 heavy (non-hydrogen) atoms. The summed E-state index contributed by atoms with van der Waals surface area (Å²) in [7, 11) is 1.64. The third-order valence-corrected chi connectivity index (χ3v) is 6.68. The number of ether oxygens (including phenoxy) is 1. The van der Waals surface area contributed by atoms with Crippen molar-refractivity contribution in [2.75, 3.05) is 16.9 Å². The van der Waals surface area contributed by atoms with Crippen molar-refractivity contribution in [2.45, 2.75) is 38.3 Å². The lowest BCUT2D eigenvalue weighted by atomic mass is 9.66. The maximum absolute atomic E-state index is 5.62. The van der Waals surface area contributed by atoms with E-state index in [4.69, 9.17) is 4.74 Å². The molecule has 1 unspecified atom stereocenters. The molecule has 0 amide bonds. The SMILES string of the molecule is C=NC1=C(C(=C)OC)N2c3ccccc3C(CC)(CC)C(=C)C2N1c1ccccc1. The molecule has 2 aromatic carbocycles. The van der Waals surface area contributed by atoms with Gasteiger partial charge in [0.1, 0.15) is 17.6 Å². The average molecular weight is 400 g/mol. The number of nitrogens with zero attached hydrogens (tertiary/aromatic N) is 3. The van der Waals surface area contributed by atoms with E-state index in [2.05, 4.69) is 84.9 Å². The summed E-state index contributed by atoms with van der Waals surface area (Å²) < 4.78 is 5.62. The van der Waals surface area contributed by atoms with Gasteiger partial charge in [0.25, 0.3) is 0 Å². The Bertz CT molecular complexity index is 1030. The summed E-state index contributed by atoms with van der Waals surface area (Å²) in [6.07, 6.45) is 1.82. The number of hydrogen-bond acceptors (Lipinski definition) is 4. The highest BCUT2D eigenvalue weighted by atomic mass is 16.5. The zero-order chi connectivity index (χ0) is 21.5. The molecule has 0 radical (unpaired) electrons. The van der Waals surface area contributed by atoms with Crippen molar-refractivity contribution in [3.05, 3.63) is 96.2 Å². The molecule has 0 saturated carbocycles. The number of fused-ring (bicyclic) bond motifs is 3. The summed E-state index contributed by atoms with van der Waals surface area (Å²) in [5.41, 5.74) is 5.32. The summed E-state index contributed by atoms with van der Waals surface area (Å²) in [6, 6.07) is 18.9. The molecule has 2 heterocycles. The number of aliphatic imine (C=N–C) groups is 1. The Morgan fingerprint density at radius 2 is 1.67 bits per heavy atom. The van der Waals surface area contributed by atoms with Crippen molar-refractivity contribution < 1.29 is 4.74 Å². The van der Waals surface area contributed by atoms with Crippen molar-refractivity contribution in [2.24, 2.45) is 4.99 Å². The predicted octanol–water partition coefficient (Wildman–Crippen LogP) is 6.00. The molecule has 1 atom stereocenters. The molecule has 2 aliphatic heterocycles. The molecule has 0 fully saturated rings. The Hall–Kier alpha value is -3.27. The molecule has 4 heteroatoms. The minimum Gasteiger partial charge on any atom is -0.495 e. The Kier molecular flexibility index (Phi) is 5.02. The second-order valence-corrected chi connectivity index (χ2v) is 7.74. The van der Waals surface area contributed by atoms with Gasteiger partial charge < -0.3 is 9.64 Å². The predicted molar refractivity (Wildman–Crippen MR) is 126 cm³/mol. The van der Waals surface area contributed by atoms with E-state index in [0.29, 0.717) is 5.76 Å². The zero-order valence-corrected chi connectivity index (χ0v) is 18.1. The smallest absolute Gasteiger partial charge is 0.162 e. The molecule has 0 aliphatic carbocycles. The Morgan fingerprint density at radius 3 is 2.27 bits per heavy atom. The lowest BCUT2D eigenvalue weighted by Gasteiger charge is -2.50. The van der Waals surface area contributed by atoms with E-state index in [9.17, 15) is 0 Å². The van der Waals surface area contributed by atoms with Crippen LogP contribution >= 0.6 is 0 Å². The maximum Gasteiger partial charge on any atom is 0.162 e. The normalized spacial score (nSPS) is 19.4. The standard InChI is InChI=1S/C26H29N3O/c1-7-26(8-2)18(3)25-28(20-14-10-9-11-15-20)24(27-5)23(19(4)30-6)29(25)22-17-13-12-16-21(22)26/h9-17,25H,3-5,7-8H2,1-2,6H3. The van der Waals surface area contributed by atoms with Crippen LogP contribution in [0.4, 0.5) is 11.4 Å². The van der Waals surface area contributed by atoms with Crippen LogP contribution in [0.2, 0.25) is 0 Å². The molecule has 2 aliphatic rings. The largest absolute Gasteiger partial charge is 0.495 e. The summed E-state index contributed by atoms with van der Waals surface area (Å²) in [6.45, 7) is 17.2. The number of benzene rings is 2. The van der Waals surface area contributed by atoms with Crippen molar-refractivity contribution in [3.63, 3.8) is 0 Å². The van der Waals surface area contributed by atoms with Gasteiger partial charge in [0.05, 0.1) is 7.11 Å². The first-order valence-electron chi connectivity index (χ1n) is 10.4. The van der Waals surface area contributed by atoms with Crippen LogP contribution in [0.25, 0.3) is 0 Å². The highest BCUT2D eigenvalue weighted by Crippen LogP contribution is 2.55. The molecule has 0 bridgehead atoms. The van der Waals surface area contributed by atoms with Crippen molar-refractivity contribution in [3.8, 4) is 0 Å². The molecule has 0 saturated heterocycles. The second-order valence-electron chi connectivity index (χ2n) is 7.74. The molecule has 2 aromatic rings. The van der Waals surface area contributed by atoms with Gasteiger partial charge in [0, 0.05) is 16.8 Å². The topological polar surface area (TPSA) is 28.1 Å². The van der Waals surface area contributed by atoms with Crippen LogP contribution < -0.4 is 9.80 Å². The Balaban J connectivity index is 2.06. The van der Waals surface area contributed by atoms with E-state index in [-0.39, 0.29) is 11.6 Å². The van der Waals surface area contributed by atoms with E-state index in [1.54, 1.807) is 7.11 Å². The summed E-state index contributed by atoms with van der Waals surface area (Å²) in [4.78, 5) is 8.94. The van der Waals surface area contributed by atoms with Gasteiger partial charge in [-0.2, -0.15) is 0 Å². The highest BCUT2D eigenvalue weighted by Gasteiger charge is 2.52. The Morgan fingerprint density at radius 1 is 1.03 bits per heavy atom. The van der Waals surface area contributed by atoms with Gasteiger partial charge >= 0.3 is 0 Å². The molecule has 154 valence electrons. The molecular weight excluding hydrogens is 370 g/mol. The summed E-state index contributed by atoms with van der Waals surface area (Å²) in [5, 5.41) is 0. The first-order valence-corrected chi connectivity index (χ1v) is 10.4. The average Bonchev–Trinajstić information content (AvgIpc) is 3.15. The number of para-hydroxylation sites is 2. The van der Waals surface area contributed by atoms with Crippen LogP contribution in [0, 0.1) is 0 Å². The van der Waals surface area contributed by atoms with Crippen LogP contribution in [0.15, 0.2) is 95.6 Å². The first kappa shape index (κ1) is 20.0. The van der Waals surface area contributed by atoms with Gasteiger partial charge in [-0.25, -0.2) is 4.99 Å². The quantitative estimate of drug-likeness (QED) is 0.339. The van der Waals surface area contributed by atoms with E-state index in [1.807, 2.05) is 18.2 Å². The van der Waals surface area contributed by atoms with E-state index in [0.717, 1.165) is 41.3 Å². The summed E-state index contributed by atoms with van der Waals surface area (Å²) in [5.74, 6) is 1.29. The van der Waals surface area contributed by atoms with Gasteiger partial charge in [-0.3, -0.25) is 4.90 Å². The number of hydrogen-bond donors (Lipinski definition) is 0. The minimum atomic E-state index is -0.135. The van der Waals surface area contributed by atoms with Crippen molar-refractivity contribution >= 4 is 18.1 Å². The summed E-state index contributed by atoms with van der Waals surface area (Å²) >= 11 is 0. The highest BCUT2D eigenvalue weighted by molar-refractivity contribution is 5.78. The molecule has 0 N–H and O–H groups in total. The fourth-order valence-electron chi connectivity index (χ4n) is 5.09. The van der Waals surface area contributed by atoms with Gasteiger partial charge in [0.15, 0.2) is 5.82 Å². The fraction of sp³-hybridized carbons (Fsp3) is 0.269. The molecule has 4 rings (SSSR count). The third-order valence-electron chi connectivity index (χ3n) is 6.68. The van der Waals surface area contributed by atoms with E-state index in [1.165, 1.54) is 5.56 Å². The maximum atomic E-state index is 5.62. The van der Waals surface area contributed by atoms with E-state index >= 15 is 0 Å². The minimum absolute atomic E-state index is 0.124. The number of anilines is 2. The monoisotopic (exact) mass is 399 g/mol. The van der Waals surface area contributed by atoms with Gasteiger partial charge in [-0.15, -0.1) is 0 Å². The molecule has 4 nitrogen and oxygen atoms in total. The van der Waals surface area contributed by atoms with Crippen LogP contribution in [0.5, 0.6) is 0 Å². The third kappa shape index (κ3) is 2.56. The second kappa shape index (κ2) is 7.52. The fourth-order valence-corrected chi connectivity index (χ4v) is 5.09. The first-order chi connectivity index (χ1) is 14.6. The Labute approximate surface area is 179 Å². The molecule has 0 spiro atoms. The van der Waals surface area contributed by atoms with Crippen LogP contribution in [0.3, 0.4) is 0 Å². The lowest BCUT2D eigenvalue weighted by molar-refractivity contribution is 0.299. The number of rotatable bonds is 6. The van der Waals surface area contributed by atoms with E-state index < -0.39 is 0 Å². The zero-order valence-electron chi connectivity index (χ0n) is 18.1. The van der Waals surface area contributed by atoms with Gasteiger partial charge in [-0.05, 0) is 48.9 Å². The van der Waals surface area contributed by atoms with Crippen LogP contribution in [0.1, 0.15) is 32.3 Å². The van der Waals surface area contributed by atoms with Crippen LogP contribution in [-0.4, -0.2) is 20.0 Å². The van der Waals surface area contributed by atoms with Crippen LogP contribution in [-0.2, 0) is 10.2 Å². The van der Waals surface area contributed by atoms with Crippen molar-refractivity contribution in [1.82, 2.24) is 0 Å². The van der Waals surface area contributed by atoms with Gasteiger partial charge in [0.2, 0.25) is 0 Å². The van der Waals surface area contributed by atoms with Crippen molar-refractivity contribution in [1.29, 1.82) is 0 Å².